The number of carbonyl (C=O) groups excluding carboxylic acids is 1. The minimum absolute atomic E-state index is 0.0825. The smallest absolute Gasteiger partial charge is 0.335 e. The number of nitrogens with zero attached hydrogens (tertiary/aromatic N) is 1. The number of benzene rings is 1. The van der Waals surface area contributed by atoms with Gasteiger partial charge in [0.05, 0.1) is 16.3 Å². The van der Waals surface area contributed by atoms with Crippen molar-refractivity contribution in [1.82, 2.24) is 4.90 Å². The molecule has 106 valence electrons. The van der Waals surface area contributed by atoms with E-state index in [1.54, 1.807) is 4.90 Å². The van der Waals surface area contributed by atoms with Gasteiger partial charge in [-0.05, 0) is 31.5 Å². The summed E-state index contributed by atoms with van der Waals surface area (Å²) in [5.41, 5.74) is 1.65. The summed E-state index contributed by atoms with van der Waals surface area (Å²) in [4.78, 5) is 24.7. The second-order valence-corrected chi connectivity index (χ2v) is 5.08. The highest BCUT2D eigenvalue weighted by molar-refractivity contribution is 6.33. The fourth-order valence-electron chi connectivity index (χ4n) is 1.90. The van der Waals surface area contributed by atoms with Crippen molar-refractivity contribution in [3.05, 3.63) is 40.4 Å². The molecular formula is C14H15ClN2O3. The van der Waals surface area contributed by atoms with E-state index in [-0.39, 0.29) is 11.6 Å². The number of urea groups is 1. The Bertz CT molecular complexity index is 584. The average Bonchev–Trinajstić information content (AvgIpc) is 2.41. The number of halogens is 1. The first-order valence-electron chi connectivity index (χ1n) is 6.22. The SMILES string of the molecule is CC1=CCN(C(=O)Nc2cc(C(=O)O)ccc2Cl)CC1. The molecule has 2 rings (SSSR count). The van der Waals surface area contributed by atoms with E-state index in [1.807, 2.05) is 13.0 Å². The number of aromatic carboxylic acids is 1. The summed E-state index contributed by atoms with van der Waals surface area (Å²) in [5, 5.41) is 11.9. The predicted molar refractivity (Wildman–Crippen MR) is 77.4 cm³/mol. The third-order valence-electron chi connectivity index (χ3n) is 3.18. The van der Waals surface area contributed by atoms with Gasteiger partial charge in [0.1, 0.15) is 0 Å². The first-order valence-corrected chi connectivity index (χ1v) is 6.59. The van der Waals surface area contributed by atoms with Gasteiger partial charge in [0.25, 0.3) is 0 Å². The summed E-state index contributed by atoms with van der Waals surface area (Å²) in [6.45, 7) is 3.22. The molecule has 0 unspecified atom stereocenters. The van der Waals surface area contributed by atoms with Crippen LogP contribution in [-0.2, 0) is 0 Å². The molecule has 0 saturated heterocycles. The molecule has 0 aliphatic carbocycles. The summed E-state index contributed by atoms with van der Waals surface area (Å²) in [6.07, 6.45) is 2.84. The van der Waals surface area contributed by atoms with Crippen LogP contribution < -0.4 is 5.32 Å². The molecule has 2 N–H and O–H groups in total. The Morgan fingerprint density at radius 1 is 1.40 bits per heavy atom. The van der Waals surface area contributed by atoms with Crippen LogP contribution in [0.15, 0.2) is 29.8 Å². The van der Waals surface area contributed by atoms with Gasteiger partial charge in [-0.15, -0.1) is 0 Å². The predicted octanol–water partition coefficient (Wildman–Crippen LogP) is 3.22. The van der Waals surface area contributed by atoms with Crippen molar-refractivity contribution in [2.45, 2.75) is 13.3 Å². The number of hydrogen-bond acceptors (Lipinski definition) is 2. The minimum Gasteiger partial charge on any atom is -0.478 e. The zero-order valence-electron chi connectivity index (χ0n) is 11.0. The molecule has 0 radical (unpaired) electrons. The highest BCUT2D eigenvalue weighted by atomic mass is 35.5. The summed E-state index contributed by atoms with van der Waals surface area (Å²) < 4.78 is 0. The Morgan fingerprint density at radius 3 is 2.75 bits per heavy atom. The Balaban J connectivity index is 2.11. The first kappa shape index (κ1) is 14.4. The lowest BCUT2D eigenvalue weighted by Gasteiger charge is -2.25. The molecule has 0 bridgehead atoms. The number of nitrogens with one attached hydrogen (secondary N) is 1. The molecule has 1 aromatic rings. The number of rotatable bonds is 2. The average molecular weight is 295 g/mol. The van der Waals surface area contributed by atoms with Crippen molar-refractivity contribution in [3.8, 4) is 0 Å². The number of anilines is 1. The molecule has 0 fully saturated rings. The fourth-order valence-corrected chi connectivity index (χ4v) is 2.07. The highest BCUT2D eigenvalue weighted by Crippen LogP contribution is 2.24. The van der Waals surface area contributed by atoms with Crippen LogP contribution in [0.3, 0.4) is 0 Å². The monoisotopic (exact) mass is 294 g/mol. The summed E-state index contributed by atoms with van der Waals surface area (Å²) >= 11 is 5.97. The van der Waals surface area contributed by atoms with Crippen molar-refractivity contribution in [1.29, 1.82) is 0 Å². The normalized spacial score (nSPS) is 14.7. The standard InChI is InChI=1S/C14H15ClN2O3/c1-9-4-6-17(7-5-9)14(20)16-12-8-10(13(18)19)2-3-11(12)15/h2-4,8H,5-7H2,1H3,(H,16,20)(H,18,19). The van der Waals surface area contributed by atoms with Crippen molar-refractivity contribution < 1.29 is 14.7 Å². The molecule has 1 heterocycles. The summed E-state index contributed by atoms with van der Waals surface area (Å²) in [5.74, 6) is -1.06. The van der Waals surface area contributed by atoms with E-state index in [1.165, 1.54) is 23.8 Å². The maximum absolute atomic E-state index is 12.1. The highest BCUT2D eigenvalue weighted by Gasteiger charge is 2.17. The van der Waals surface area contributed by atoms with Gasteiger partial charge in [-0.1, -0.05) is 23.3 Å². The maximum Gasteiger partial charge on any atom is 0.335 e. The molecule has 0 saturated carbocycles. The fraction of sp³-hybridized carbons (Fsp3) is 0.286. The van der Waals surface area contributed by atoms with Crippen LogP contribution in [-0.4, -0.2) is 35.1 Å². The van der Waals surface area contributed by atoms with Crippen LogP contribution >= 0.6 is 11.6 Å². The van der Waals surface area contributed by atoms with Crippen LogP contribution in [0.5, 0.6) is 0 Å². The third kappa shape index (κ3) is 3.30. The van der Waals surface area contributed by atoms with Gasteiger partial charge >= 0.3 is 12.0 Å². The second-order valence-electron chi connectivity index (χ2n) is 4.68. The van der Waals surface area contributed by atoms with E-state index in [9.17, 15) is 9.59 Å². The number of amides is 2. The van der Waals surface area contributed by atoms with E-state index in [2.05, 4.69) is 5.32 Å². The van der Waals surface area contributed by atoms with Crippen molar-refractivity contribution in [2.24, 2.45) is 0 Å². The molecule has 6 heteroatoms. The third-order valence-corrected chi connectivity index (χ3v) is 3.51. The van der Waals surface area contributed by atoms with Gasteiger partial charge in [0, 0.05) is 13.1 Å². The number of hydrogen-bond donors (Lipinski definition) is 2. The van der Waals surface area contributed by atoms with E-state index in [0.717, 1.165) is 6.42 Å². The lowest BCUT2D eigenvalue weighted by molar-refractivity contribution is 0.0697. The van der Waals surface area contributed by atoms with Gasteiger partial charge in [-0.2, -0.15) is 0 Å². The molecule has 1 aromatic carbocycles. The number of carboxylic acid groups (broad SMARTS) is 1. The van der Waals surface area contributed by atoms with Crippen molar-refractivity contribution in [3.63, 3.8) is 0 Å². The van der Waals surface area contributed by atoms with Crippen molar-refractivity contribution >= 4 is 29.3 Å². The second kappa shape index (κ2) is 5.96. The summed E-state index contributed by atoms with van der Waals surface area (Å²) in [7, 11) is 0. The van der Waals surface area contributed by atoms with E-state index >= 15 is 0 Å². The van der Waals surface area contributed by atoms with Crippen LogP contribution in [0.2, 0.25) is 5.02 Å². The molecular weight excluding hydrogens is 280 g/mol. The minimum atomic E-state index is -1.06. The number of carbonyl (C=O) groups is 2. The molecule has 1 aliphatic heterocycles. The Morgan fingerprint density at radius 2 is 2.15 bits per heavy atom. The van der Waals surface area contributed by atoms with E-state index in [4.69, 9.17) is 16.7 Å². The van der Waals surface area contributed by atoms with Gasteiger partial charge in [-0.3, -0.25) is 0 Å². The van der Waals surface area contributed by atoms with E-state index < -0.39 is 5.97 Å². The maximum atomic E-state index is 12.1. The zero-order chi connectivity index (χ0) is 14.7. The van der Waals surface area contributed by atoms with Crippen LogP contribution in [0.25, 0.3) is 0 Å². The molecule has 5 nitrogen and oxygen atoms in total. The molecule has 0 atom stereocenters. The lowest BCUT2D eigenvalue weighted by Crippen LogP contribution is -2.37. The molecule has 20 heavy (non-hydrogen) atoms. The van der Waals surface area contributed by atoms with Gasteiger partial charge in [0.2, 0.25) is 0 Å². The Hall–Kier alpha value is -2.01. The molecule has 0 spiro atoms. The topological polar surface area (TPSA) is 69.6 Å². The van der Waals surface area contributed by atoms with E-state index in [0.29, 0.717) is 23.8 Å². The van der Waals surface area contributed by atoms with Crippen LogP contribution in [0, 0.1) is 0 Å². The Kier molecular flexibility index (Phi) is 4.29. The summed E-state index contributed by atoms with van der Waals surface area (Å²) in [6, 6.07) is 3.93. The molecule has 0 aromatic heterocycles. The molecule has 1 aliphatic rings. The van der Waals surface area contributed by atoms with Crippen molar-refractivity contribution in [2.75, 3.05) is 18.4 Å². The van der Waals surface area contributed by atoms with Gasteiger partial charge in [-0.25, -0.2) is 9.59 Å². The largest absolute Gasteiger partial charge is 0.478 e. The first-order chi connectivity index (χ1) is 9.47. The van der Waals surface area contributed by atoms with Crippen LogP contribution in [0.1, 0.15) is 23.7 Å². The Labute approximate surface area is 121 Å². The van der Waals surface area contributed by atoms with Crippen LogP contribution in [0.4, 0.5) is 10.5 Å². The quantitative estimate of drug-likeness (QED) is 0.823. The van der Waals surface area contributed by atoms with Gasteiger partial charge in [0.15, 0.2) is 0 Å². The number of carboxylic acids is 1. The molecule has 2 amide bonds. The zero-order valence-corrected chi connectivity index (χ0v) is 11.8. The van der Waals surface area contributed by atoms with Gasteiger partial charge < -0.3 is 15.3 Å². The lowest BCUT2D eigenvalue weighted by atomic mass is 10.1.